The molecule has 1 amide bonds. The van der Waals surface area contributed by atoms with Gasteiger partial charge in [-0.25, -0.2) is 0 Å². The second kappa shape index (κ2) is 5.50. The third-order valence-corrected chi connectivity index (χ3v) is 3.10. The standard InChI is InChI=1S/C13H10BrClN2O/c1-8-4-9(14)6-10(5-8)17-13(18)11-7-16-3-2-12(11)15/h2-7H,1H3,(H,17,18). The van der Waals surface area contributed by atoms with E-state index in [1.165, 1.54) is 6.20 Å². The van der Waals surface area contributed by atoms with Crippen LogP contribution < -0.4 is 5.32 Å². The third kappa shape index (κ3) is 3.09. The van der Waals surface area contributed by atoms with Gasteiger partial charge in [0.2, 0.25) is 0 Å². The number of nitrogens with zero attached hydrogens (tertiary/aromatic N) is 1. The minimum atomic E-state index is -0.273. The number of hydrogen-bond acceptors (Lipinski definition) is 2. The Labute approximate surface area is 118 Å². The van der Waals surface area contributed by atoms with Gasteiger partial charge in [0.1, 0.15) is 0 Å². The van der Waals surface area contributed by atoms with Crippen molar-refractivity contribution < 1.29 is 4.79 Å². The molecule has 2 aromatic rings. The predicted molar refractivity (Wildman–Crippen MR) is 76.1 cm³/mol. The second-order valence-corrected chi connectivity index (χ2v) is 5.15. The van der Waals surface area contributed by atoms with Crippen LogP contribution in [0.1, 0.15) is 15.9 Å². The number of anilines is 1. The van der Waals surface area contributed by atoms with Gasteiger partial charge in [0.05, 0.1) is 10.6 Å². The number of pyridine rings is 1. The Hall–Kier alpha value is -1.39. The highest BCUT2D eigenvalue weighted by molar-refractivity contribution is 9.10. The molecule has 18 heavy (non-hydrogen) atoms. The molecule has 5 heteroatoms. The van der Waals surface area contributed by atoms with Gasteiger partial charge < -0.3 is 5.32 Å². The SMILES string of the molecule is Cc1cc(Br)cc(NC(=O)c2cnccc2Cl)c1. The van der Waals surface area contributed by atoms with Crippen LogP contribution in [0.4, 0.5) is 5.69 Å². The average Bonchev–Trinajstić information content (AvgIpc) is 2.27. The van der Waals surface area contributed by atoms with E-state index in [1.54, 1.807) is 12.3 Å². The molecule has 0 spiro atoms. The lowest BCUT2D eigenvalue weighted by molar-refractivity contribution is 0.102. The third-order valence-electron chi connectivity index (χ3n) is 2.31. The molecule has 0 atom stereocenters. The lowest BCUT2D eigenvalue weighted by Gasteiger charge is -2.07. The normalized spacial score (nSPS) is 10.2. The molecule has 0 radical (unpaired) electrons. The van der Waals surface area contributed by atoms with Crippen molar-refractivity contribution in [3.8, 4) is 0 Å². The van der Waals surface area contributed by atoms with Gasteiger partial charge in [-0.3, -0.25) is 9.78 Å². The van der Waals surface area contributed by atoms with E-state index in [9.17, 15) is 4.79 Å². The number of carbonyl (C=O) groups is 1. The molecule has 0 saturated carbocycles. The van der Waals surface area contributed by atoms with Gasteiger partial charge in [-0.05, 0) is 36.8 Å². The van der Waals surface area contributed by atoms with E-state index in [2.05, 4.69) is 26.2 Å². The summed E-state index contributed by atoms with van der Waals surface area (Å²) in [6.45, 7) is 1.96. The Morgan fingerprint density at radius 1 is 1.39 bits per heavy atom. The maximum atomic E-state index is 12.0. The summed E-state index contributed by atoms with van der Waals surface area (Å²) in [5, 5.41) is 3.17. The van der Waals surface area contributed by atoms with Gasteiger partial charge in [0.25, 0.3) is 5.91 Å². The van der Waals surface area contributed by atoms with Crippen LogP contribution in [0.2, 0.25) is 5.02 Å². The fourth-order valence-electron chi connectivity index (χ4n) is 1.55. The largest absolute Gasteiger partial charge is 0.322 e. The van der Waals surface area contributed by atoms with E-state index in [4.69, 9.17) is 11.6 Å². The van der Waals surface area contributed by atoms with Crippen LogP contribution in [0, 0.1) is 6.92 Å². The molecule has 0 unspecified atom stereocenters. The predicted octanol–water partition coefficient (Wildman–Crippen LogP) is 4.06. The smallest absolute Gasteiger partial charge is 0.258 e. The molecule has 0 aliphatic carbocycles. The molecule has 92 valence electrons. The monoisotopic (exact) mass is 324 g/mol. The van der Waals surface area contributed by atoms with Crippen molar-refractivity contribution in [1.82, 2.24) is 4.98 Å². The zero-order valence-corrected chi connectivity index (χ0v) is 11.9. The number of hydrogen-bond donors (Lipinski definition) is 1. The highest BCUT2D eigenvalue weighted by Gasteiger charge is 2.10. The summed E-state index contributed by atoms with van der Waals surface area (Å²) < 4.78 is 0.912. The van der Waals surface area contributed by atoms with E-state index in [1.807, 2.05) is 25.1 Å². The molecule has 1 heterocycles. The van der Waals surface area contributed by atoms with E-state index < -0.39 is 0 Å². The molecule has 0 saturated heterocycles. The Bertz CT molecular complexity index is 581. The Balaban J connectivity index is 2.24. The molecule has 2 rings (SSSR count). The topological polar surface area (TPSA) is 42.0 Å². The number of benzene rings is 1. The minimum absolute atomic E-state index is 0.273. The molecule has 0 aliphatic heterocycles. The molecule has 1 aromatic heterocycles. The van der Waals surface area contributed by atoms with Gasteiger partial charge in [-0.1, -0.05) is 27.5 Å². The Morgan fingerprint density at radius 3 is 2.83 bits per heavy atom. The van der Waals surface area contributed by atoms with Crippen molar-refractivity contribution in [3.05, 3.63) is 57.3 Å². The maximum absolute atomic E-state index is 12.0. The van der Waals surface area contributed by atoms with E-state index in [-0.39, 0.29) is 5.91 Å². The van der Waals surface area contributed by atoms with Crippen LogP contribution in [-0.4, -0.2) is 10.9 Å². The molecular formula is C13H10BrClN2O. The minimum Gasteiger partial charge on any atom is -0.322 e. The van der Waals surface area contributed by atoms with Gasteiger partial charge in [-0.15, -0.1) is 0 Å². The van der Waals surface area contributed by atoms with Gasteiger partial charge in [-0.2, -0.15) is 0 Å². The highest BCUT2D eigenvalue weighted by atomic mass is 79.9. The first-order valence-electron chi connectivity index (χ1n) is 5.24. The van der Waals surface area contributed by atoms with Crippen molar-refractivity contribution >= 4 is 39.1 Å². The lowest BCUT2D eigenvalue weighted by Crippen LogP contribution is -2.12. The molecule has 0 fully saturated rings. The number of nitrogens with one attached hydrogen (secondary N) is 1. The van der Waals surface area contributed by atoms with Crippen molar-refractivity contribution in [2.24, 2.45) is 0 Å². The van der Waals surface area contributed by atoms with Crippen molar-refractivity contribution in [2.75, 3.05) is 5.32 Å². The van der Waals surface area contributed by atoms with E-state index in [0.29, 0.717) is 16.3 Å². The molecule has 1 N–H and O–H groups in total. The highest BCUT2D eigenvalue weighted by Crippen LogP contribution is 2.21. The fraction of sp³-hybridized carbons (Fsp3) is 0.0769. The van der Waals surface area contributed by atoms with Gasteiger partial charge in [0, 0.05) is 22.6 Å². The van der Waals surface area contributed by atoms with Crippen LogP contribution in [-0.2, 0) is 0 Å². The van der Waals surface area contributed by atoms with Crippen LogP contribution in [0.3, 0.4) is 0 Å². The number of aryl methyl sites for hydroxylation is 1. The van der Waals surface area contributed by atoms with Crippen molar-refractivity contribution in [2.45, 2.75) is 6.92 Å². The first-order valence-corrected chi connectivity index (χ1v) is 6.41. The summed E-state index contributed by atoms with van der Waals surface area (Å²) in [6.07, 6.45) is 2.99. The Kier molecular flexibility index (Phi) is 3.99. The zero-order valence-electron chi connectivity index (χ0n) is 9.58. The molecule has 0 bridgehead atoms. The van der Waals surface area contributed by atoms with Gasteiger partial charge in [0.15, 0.2) is 0 Å². The first kappa shape index (κ1) is 13.1. The summed E-state index contributed by atoms with van der Waals surface area (Å²) in [5.41, 5.74) is 2.13. The second-order valence-electron chi connectivity index (χ2n) is 3.83. The van der Waals surface area contributed by atoms with E-state index in [0.717, 1.165) is 10.0 Å². The summed E-state index contributed by atoms with van der Waals surface area (Å²) >= 11 is 9.32. The van der Waals surface area contributed by atoms with Crippen LogP contribution in [0.15, 0.2) is 41.1 Å². The summed E-state index contributed by atoms with van der Waals surface area (Å²) in [6, 6.07) is 7.26. The summed E-state index contributed by atoms with van der Waals surface area (Å²) in [5.74, 6) is -0.273. The number of aromatic nitrogens is 1. The molecule has 3 nitrogen and oxygen atoms in total. The fourth-order valence-corrected chi connectivity index (χ4v) is 2.35. The summed E-state index contributed by atoms with van der Waals surface area (Å²) in [4.78, 5) is 15.9. The van der Waals surface area contributed by atoms with Crippen molar-refractivity contribution in [3.63, 3.8) is 0 Å². The van der Waals surface area contributed by atoms with Crippen LogP contribution in [0.25, 0.3) is 0 Å². The molecule has 1 aromatic carbocycles. The van der Waals surface area contributed by atoms with E-state index >= 15 is 0 Å². The number of carbonyl (C=O) groups excluding carboxylic acids is 1. The lowest BCUT2D eigenvalue weighted by atomic mass is 10.2. The first-order chi connectivity index (χ1) is 8.56. The maximum Gasteiger partial charge on any atom is 0.258 e. The van der Waals surface area contributed by atoms with Crippen molar-refractivity contribution in [1.29, 1.82) is 0 Å². The van der Waals surface area contributed by atoms with Gasteiger partial charge >= 0.3 is 0 Å². The average molecular weight is 326 g/mol. The summed E-state index contributed by atoms with van der Waals surface area (Å²) in [7, 11) is 0. The Morgan fingerprint density at radius 2 is 2.17 bits per heavy atom. The number of amides is 1. The molecule has 0 aliphatic rings. The number of rotatable bonds is 2. The number of halogens is 2. The van der Waals surface area contributed by atoms with Crippen LogP contribution in [0.5, 0.6) is 0 Å². The quantitative estimate of drug-likeness (QED) is 0.905. The van der Waals surface area contributed by atoms with Crippen LogP contribution >= 0.6 is 27.5 Å². The zero-order chi connectivity index (χ0) is 13.1. The molecular weight excluding hydrogens is 316 g/mol.